The summed E-state index contributed by atoms with van der Waals surface area (Å²) in [5.74, 6) is -0.823. The summed E-state index contributed by atoms with van der Waals surface area (Å²) in [6.07, 6.45) is 0.888. The minimum Gasteiger partial charge on any atom is -0.503 e. The normalized spacial score (nSPS) is 15.9. The fraction of sp³-hybridized carbons (Fsp3) is 0.222. The summed E-state index contributed by atoms with van der Waals surface area (Å²) in [6, 6.07) is 14.1. The van der Waals surface area contributed by atoms with Crippen LogP contribution in [0.3, 0.4) is 0 Å². The number of aryl methyl sites for hydroxylation is 2. The Balaban J connectivity index is 1.64. The summed E-state index contributed by atoms with van der Waals surface area (Å²) < 4.78 is 6.66. The van der Waals surface area contributed by atoms with E-state index in [2.05, 4.69) is 0 Å². The molecule has 1 atom stereocenters. The van der Waals surface area contributed by atoms with Crippen LogP contribution in [0.2, 0.25) is 0 Å². The molecule has 0 fully saturated rings. The molecule has 3 heterocycles. The van der Waals surface area contributed by atoms with E-state index in [-0.39, 0.29) is 11.4 Å². The van der Waals surface area contributed by atoms with Crippen LogP contribution in [0.5, 0.6) is 5.75 Å². The number of fused-ring (bicyclic) bond motifs is 1. The lowest BCUT2D eigenvalue weighted by atomic mass is 9.95. The molecule has 0 bridgehead atoms. The van der Waals surface area contributed by atoms with Gasteiger partial charge in [0, 0.05) is 0 Å². The second kappa shape index (κ2) is 9.28. The van der Waals surface area contributed by atoms with Gasteiger partial charge >= 0.3 is 0 Å². The van der Waals surface area contributed by atoms with Gasteiger partial charge in [-0.25, -0.2) is 4.98 Å². The predicted molar refractivity (Wildman–Crippen MR) is 140 cm³/mol. The average Bonchev–Trinajstić information content (AvgIpc) is 3.57. The number of carbonyl (C=O) groups excluding carboxylic acids is 2. The summed E-state index contributed by atoms with van der Waals surface area (Å²) >= 11 is 2.65. The van der Waals surface area contributed by atoms with Crippen LogP contribution in [0.1, 0.15) is 45.7 Å². The number of amides is 1. The van der Waals surface area contributed by atoms with Crippen LogP contribution in [-0.2, 0) is 4.79 Å². The molecule has 2 aromatic heterocycles. The molecular weight excluding hydrogens is 480 g/mol. The van der Waals surface area contributed by atoms with Crippen molar-refractivity contribution in [3.05, 3.63) is 86.8 Å². The summed E-state index contributed by atoms with van der Waals surface area (Å²) in [4.78, 5) is 33.6. The number of rotatable bonds is 7. The molecule has 178 valence electrons. The molecule has 1 N–H and O–H groups in total. The highest BCUT2D eigenvalue weighted by atomic mass is 32.1. The second-order valence-corrected chi connectivity index (χ2v) is 10.4. The van der Waals surface area contributed by atoms with E-state index in [0.29, 0.717) is 27.9 Å². The predicted octanol–water partition coefficient (Wildman–Crippen LogP) is 6.55. The molecule has 1 amide bonds. The van der Waals surface area contributed by atoms with Crippen molar-refractivity contribution in [2.24, 2.45) is 0 Å². The Bertz CT molecular complexity index is 1450. The number of benzene rings is 2. The molecule has 8 heteroatoms. The number of anilines is 1. The van der Waals surface area contributed by atoms with Crippen LogP contribution in [-0.4, -0.2) is 28.4 Å². The first kappa shape index (κ1) is 23.3. The summed E-state index contributed by atoms with van der Waals surface area (Å²) in [5.41, 5.74) is 3.68. The number of aromatic nitrogens is 1. The minimum absolute atomic E-state index is 0.0619. The number of thiazole rings is 1. The zero-order valence-corrected chi connectivity index (χ0v) is 21.2. The Morgan fingerprint density at radius 2 is 1.94 bits per heavy atom. The Labute approximate surface area is 211 Å². The van der Waals surface area contributed by atoms with E-state index in [9.17, 15) is 14.7 Å². The summed E-state index contributed by atoms with van der Waals surface area (Å²) in [5, 5.41) is 13.2. The van der Waals surface area contributed by atoms with E-state index < -0.39 is 17.7 Å². The first-order valence-corrected chi connectivity index (χ1v) is 13.0. The SMILES string of the molecule is CCCOc1ccc(C2C(C(=O)c3cccs3)=C(O)C(=O)N2c2nc3c(C)cc(C)cc3s2)cc1. The van der Waals surface area contributed by atoms with Gasteiger partial charge in [0.25, 0.3) is 5.91 Å². The van der Waals surface area contributed by atoms with Crippen molar-refractivity contribution in [1.29, 1.82) is 0 Å². The van der Waals surface area contributed by atoms with E-state index in [1.54, 1.807) is 17.5 Å². The molecule has 0 saturated carbocycles. The number of nitrogens with zero attached hydrogens (tertiary/aromatic N) is 2. The van der Waals surface area contributed by atoms with Crippen molar-refractivity contribution in [3.63, 3.8) is 0 Å². The molecule has 6 nitrogen and oxygen atoms in total. The Morgan fingerprint density at radius 1 is 1.17 bits per heavy atom. The molecular formula is C27H24N2O4S2. The lowest BCUT2D eigenvalue weighted by Gasteiger charge is -2.24. The van der Waals surface area contributed by atoms with Gasteiger partial charge in [0.15, 0.2) is 10.9 Å². The lowest BCUT2D eigenvalue weighted by molar-refractivity contribution is -0.117. The smallest absolute Gasteiger partial charge is 0.296 e. The van der Waals surface area contributed by atoms with Crippen LogP contribution < -0.4 is 9.64 Å². The number of thiophene rings is 1. The number of Topliss-reactive ketones (excluding diaryl/α,β-unsaturated/α-hetero) is 1. The quantitative estimate of drug-likeness (QED) is 0.289. The summed E-state index contributed by atoms with van der Waals surface area (Å²) in [6.45, 7) is 6.63. The molecule has 0 radical (unpaired) electrons. The number of ether oxygens (including phenoxy) is 1. The Morgan fingerprint density at radius 3 is 2.63 bits per heavy atom. The maximum absolute atomic E-state index is 13.5. The monoisotopic (exact) mass is 504 g/mol. The van der Waals surface area contributed by atoms with Crippen molar-refractivity contribution in [2.75, 3.05) is 11.5 Å². The largest absolute Gasteiger partial charge is 0.503 e. The topological polar surface area (TPSA) is 79.7 Å². The van der Waals surface area contributed by atoms with Gasteiger partial charge in [-0.3, -0.25) is 14.5 Å². The van der Waals surface area contributed by atoms with Crippen molar-refractivity contribution in [2.45, 2.75) is 33.2 Å². The molecule has 35 heavy (non-hydrogen) atoms. The average molecular weight is 505 g/mol. The standard InChI is InChI=1S/C27H24N2O4S2/c1-4-11-33-18-9-7-17(8-10-18)23-21(24(30)19-6-5-12-34-19)25(31)26(32)29(23)27-28-22-16(3)13-15(2)14-20(22)35-27/h5-10,12-14,23,31H,4,11H2,1-3H3. The van der Waals surface area contributed by atoms with E-state index in [1.165, 1.54) is 27.6 Å². The number of hydrogen-bond donors (Lipinski definition) is 1. The third-order valence-electron chi connectivity index (χ3n) is 5.89. The van der Waals surface area contributed by atoms with Gasteiger partial charge in [-0.2, -0.15) is 0 Å². The van der Waals surface area contributed by atoms with Crippen LogP contribution >= 0.6 is 22.7 Å². The number of carbonyl (C=O) groups is 2. The van der Waals surface area contributed by atoms with Gasteiger partial charge in [-0.1, -0.05) is 42.5 Å². The van der Waals surface area contributed by atoms with Crippen LogP contribution in [0.25, 0.3) is 10.2 Å². The van der Waals surface area contributed by atoms with Crippen LogP contribution in [0.15, 0.2) is 65.2 Å². The molecule has 5 rings (SSSR count). The highest BCUT2D eigenvalue weighted by Gasteiger charge is 2.46. The second-order valence-electron chi connectivity index (χ2n) is 8.49. The fourth-order valence-electron chi connectivity index (χ4n) is 4.32. The zero-order chi connectivity index (χ0) is 24.7. The summed E-state index contributed by atoms with van der Waals surface area (Å²) in [7, 11) is 0. The first-order valence-electron chi connectivity index (χ1n) is 11.3. The van der Waals surface area contributed by atoms with Crippen LogP contribution in [0, 0.1) is 13.8 Å². The van der Waals surface area contributed by atoms with Gasteiger partial charge in [-0.05, 0) is 66.6 Å². The Hall–Kier alpha value is -3.49. The van der Waals surface area contributed by atoms with E-state index in [1.807, 2.05) is 57.2 Å². The van der Waals surface area contributed by atoms with E-state index >= 15 is 0 Å². The van der Waals surface area contributed by atoms with Crippen molar-refractivity contribution < 1.29 is 19.4 Å². The number of ketones is 1. The lowest BCUT2D eigenvalue weighted by Crippen LogP contribution is -2.30. The highest BCUT2D eigenvalue weighted by Crippen LogP contribution is 2.45. The molecule has 4 aromatic rings. The number of aliphatic hydroxyl groups excluding tert-OH is 1. The van der Waals surface area contributed by atoms with Gasteiger partial charge in [0.2, 0.25) is 5.78 Å². The maximum Gasteiger partial charge on any atom is 0.296 e. The van der Waals surface area contributed by atoms with E-state index in [0.717, 1.165) is 27.8 Å². The molecule has 0 spiro atoms. The molecule has 1 unspecified atom stereocenters. The van der Waals surface area contributed by atoms with Crippen molar-refractivity contribution in [3.8, 4) is 5.75 Å². The molecule has 2 aromatic carbocycles. The zero-order valence-electron chi connectivity index (χ0n) is 19.6. The molecule has 0 aliphatic carbocycles. The molecule has 1 aliphatic rings. The van der Waals surface area contributed by atoms with Gasteiger partial charge in [0.05, 0.1) is 33.3 Å². The third-order valence-corrected chi connectivity index (χ3v) is 7.76. The molecule has 0 saturated heterocycles. The van der Waals surface area contributed by atoms with Gasteiger partial charge in [-0.15, -0.1) is 11.3 Å². The van der Waals surface area contributed by atoms with Crippen LogP contribution in [0.4, 0.5) is 5.13 Å². The number of aliphatic hydroxyl groups is 1. The number of hydrogen-bond acceptors (Lipinski definition) is 7. The fourth-order valence-corrected chi connectivity index (χ4v) is 6.16. The Kier molecular flexibility index (Phi) is 6.17. The molecule has 1 aliphatic heterocycles. The van der Waals surface area contributed by atoms with Gasteiger partial charge in [0.1, 0.15) is 5.75 Å². The van der Waals surface area contributed by atoms with E-state index in [4.69, 9.17) is 9.72 Å². The van der Waals surface area contributed by atoms with Gasteiger partial charge < -0.3 is 9.84 Å². The van der Waals surface area contributed by atoms with Crippen molar-refractivity contribution in [1.82, 2.24) is 4.98 Å². The third kappa shape index (κ3) is 4.13. The minimum atomic E-state index is -0.806. The highest BCUT2D eigenvalue weighted by molar-refractivity contribution is 7.22. The first-order chi connectivity index (χ1) is 16.9. The maximum atomic E-state index is 13.5. The van der Waals surface area contributed by atoms with Crippen molar-refractivity contribution >= 4 is 49.7 Å².